The number of thioether (sulfide) groups is 1. The van der Waals surface area contributed by atoms with Crippen LogP contribution in [0.3, 0.4) is 0 Å². The van der Waals surface area contributed by atoms with Gasteiger partial charge in [0.25, 0.3) is 0 Å². The lowest BCUT2D eigenvalue weighted by Gasteiger charge is -2.34. The van der Waals surface area contributed by atoms with Crippen molar-refractivity contribution in [3.05, 3.63) is 0 Å². The van der Waals surface area contributed by atoms with Crippen LogP contribution in [0.4, 0.5) is 4.79 Å². The van der Waals surface area contributed by atoms with Gasteiger partial charge in [-0.05, 0) is 52.2 Å². The van der Waals surface area contributed by atoms with E-state index in [0.29, 0.717) is 6.04 Å². The number of ether oxygens (including phenoxy) is 1. The molecule has 0 aromatic heterocycles. The fourth-order valence-corrected chi connectivity index (χ4v) is 3.91. The van der Waals surface area contributed by atoms with Crippen LogP contribution < -0.4 is 5.32 Å². The smallest absolute Gasteiger partial charge is 0.410 e. The number of likely N-dealkylation sites (tertiary alicyclic amines) is 1. The number of nitrogens with one attached hydrogen (secondary N) is 1. The Morgan fingerprint density at radius 2 is 2.00 bits per heavy atom. The fourth-order valence-electron chi connectivity index (χ4n) is 2.70. The van der Waals surface area contributed by atoms with Gasteiger partial charge in [0, 0.05) is 30.9 Å². The van der Waals surface area contributed by atoms with Gasteiger partial charge >= 0.3 is 6.09 Å². The lowest BCUT2D eigenvalue weighted by Crippen LogP contribution is -2.47. The minimum atomic E-state index is -0.397. The zero-order valence-electron chi connectivity index (χ0n) is 13.0. The molecule has 0 radical (unpaired) electrons. The van der Waals surface area contributed by atoms with Crippen LogP contribution in [-0.4, -0.2) is 53.3 Å². The van der Waals surface area contributed by atoms with Crippen molar-refractivity contribution in [2.24, 2.45) is 0 Å². The van der Waals surface area contributed by atoms with Crippen LogP contribution >= 0.6 is 11.8 Å². The Morgan fingerprint density at radius 3 is 2.55 bits per heavy atom. The maximum Gasteiger partial charge on any atom is 0.410 e. The molecule has 1 unspecified atom stereocenters. The van der Waals surface area contributed by atoms with Gasteiger partial charge in [-0.15, -0.1) is 0 Å². The first kappa shape index (κ1) is 16.0. The minimum absolute atomic E-state index is 0.165. The van der Waals surface area contributed by atoms with E-state index in [1.165, 1.54) is 18.6 Å². The van der Waals surface area contributed by atoms with E-state index < -0.39 is 5.60 Å². The van der Waals surface area contributed by atoms with Gasteiger partial charge in [0.15, 0.2) is 0 Å². The average Bonchev–Trinajstić information content (AvgIpc) is 2.88. The summed E-state index contributed by atoms with van der Waals surface area (Å²) in [6.07, 6.45) is 4.64. The Hall–Kier alpha value is -0.420. The largest absolute Gasteiger partial charge is 0.444 e. The van der Waals surface area contributed by atoms with Crippen LogP contribution in [0.2, 0.25) is 0 Å². The summed E-state index contributed by atoms with van der Waals surface area (Å²) in [4.78, 5) is 13.8. The molecular weight excluding hydrogens is 272 g/mol. The summed E-state index contributed by atoms with van der Waals surface area (Å²) in [7, 11) is 0. The van der Waals surface area contributed by atoms with Gasteiger partial charge in [0.05, 0.1) is 0 Å². The topological polar surface area (TPSA) is 41.6 Å². The summed E-state index contributed by atoms with van der Waals surface area (Å²) in [5.74, 6) is 1.32. The van der Waals surface area contributed by atoms with Crippen LogP contribution in [0, 0.1) is 0 Å². The molecule has 4 nitrogen and oxygen atoms in total. The van der Waals surface area contributed by atoms with Gasteiger partial charge in [-0.2, -0.15) is 11.8 Å². The number of rotatable bonds is 3. The van der Waals surface area contributed by atoms with Gasteiger partial charge in [-0.25, -0.2) is 4.79 Å². The minimum Gasteiger partial charge on any atom is -0.444 e. The molecular formula is C15H28N2O2S. The van der Waals surface area contributed by atoms with Gasteiger partial charge in [0.2, 0.25) is 0 Å². The average molecular weight is 300 g/mol. The molecule has 2 saturated heterocycles. The van der Waals surface area contributed by atoms with E-state index in [-0.39, 0.29) is 6.09 Å². The molecule has 1 atom stereocenters. The second-order valence-corrected chi connectivity index (χ2v) is 8.19. The molecule has 1 N–H and O–H groups in total. The van der Waals surface area contributed by atoms with Crippen molar-refractivity contribution in [1.82, 2.24) is 10.2 Å². The molecule has 0 bridgehead atoms. The van der Waals surface area contributed by atoms with Crippen molar-refractivity contribution in [1.29, 1.82) is 0 Å². The highest BCUT2D eigenvalue weighted by atomic mass is 32.2. The molecule has 2 aliphatic rings. The highest BCUT2D eigenvalue weighted by Gasteiger charge is 2.27. The Balaban J connectivity index is 1.65. The molecule has 20 heavy (non-hydrogen) atoms. The van der Waals surface area contributed by atoms with E-state index in [1.54, 1.807) is 0 Å². The molecule has 0 aromatic rings. The maximum atomic E-state index is 12.0. The highest BCUT2D eigenvalue weighted by molar-refractivity contribution is 8.00. The molecule has 0 saturated carbocycles. The molecule has 116 valence electrons. The molecule has 0 spiro atoms. The number of amides is 1. The predicted molar refractivity (Wildman–Crippen MR) is 84.3 cm³/mol. The van der Waals surface area contributed by atoms with Crippen LogP contribution in [0.15, 0.2) is 0 Å². The lowest BCUT2D eigenvalue weighted by molar-refractivity contribution is 0.0198. The standard InChI is InChI=1S/C15H28N2O2S/c1-15(2,3)19-14(18)17-8-6-12(7-9-17)16-11-13-5-4-10-20-13/h12-13,16H,4-11H2,1-3H3. The number of hydrogen-bond donors (Lipinski definition) is 1. The molecule has 2 aliphatic heterocycles. The summed E-state index contributed by atoms with van der Waals surface area (Å²) in [6, 6.07) is 0.565. The monoisotopic (exact) mass is 300 g/mol. The van der Waals surface area contributed by atoms with Gasteiger partial charge in [-0.1, -0.05) is 0 Å². The summed E-state index contributed by atoms with van der Waals surface area (Å²) >= 11 is 2.10. The summed E-state index contributed by atoms with van der Waals surface area (Å²) in [5, 5.41) is 4.48. The van der Waals surface area contributed by atoms with Crippen molar-refractivity contribution < 1.29 is 9.53 Å². The summed E-state index contributed by atoms with van der Waals surface area (Å²) in [6.45, 7) is 8.49. The molecule has 2 fully saturated rings. The van der Waals surface area contributed by atoms with Crippen molar-refractivity contribution in [2.75, 3.05) is 25.4 Å². The number of nitrogens with zero attached hydrogens (tertiary/aromatic N) is 1. The van der Waals surface area contributed by atoms with Crippen molar-refractivity contribution in [3.63, 3.8) is 0 Å². The Morgan fingerprint density at radius 1 is 1.30 bits per heavy atom. The molecule has 2 rings (SSSR count). The Bertz CT molecular complexity index is 316. The van der Waals surface area contributed by atoms with E-state index in [2.05, 4.69) is 17.1 Å². The maximum absolute atomic E-state index is 12.0. The molecule has 1 amide bonds. The lowest BCUT2D eigenvalue weighted by atomic mass is 10.1. The highest BCUT2D eigenvalue weighted by Crippen LogP contribution is 2.25. The third-order valence-corrected chi connectivity index (χ3v) is 5.20. The van der Waals surface area contributed by atoms with Crippen LogP contribution in [0.5, 0.6) is 0 Å². The third-order valence-electron chi connectivity index (χ3n) is 3.80. The second kappa shape index (κ2) is 7.03. The van der Waals surface area contributed by atoms with E-state index in [4.69, 9.17) is 4.74 Å². The Kier molecular flexibility index (Phi) is 5.61. The SMILES string of the molecule is CC(C)(C)OC(=O)N1CCC(NCC2CCCS2)CC1. The van der Waals surface area contributed by atoms with Crippen LogP contribution in [-0.2, 0) is 4.74 Å². The third kappa shape index (κ3) is 5.17. The number of carbonyl (C=O) groups is 1. The first-order valence-corrected chi connectivity index (χ1v) is 8.82. The van der Waals surface area contributed by atoms with Crippen molar-refractivity contribution in [2.45, 2.75) is 63.3 Å². The van der Waals surface area contributed by atoms with Gasteiger partial charge in [0.1, 0.15) is 5.60 Å². The number of carbonyl (C=O) groups excluding carboxylic acids is 1. The second-order valence-electron chi connectivity index (χ2n) is 6.78. The van der Waals surface area contributed by atoms with E-state index in [0.717, 1.165) is 37.7 Å². The van der Waals surface area contributed by atoms with E-state index >= 15 is 0 Å². The van der Waals surface area contributed by atoms with E-state index in [9.17, 15) is 4.79 Å². The van der Waals surface area contributed by atoms with E-state index in [1.807, 2.05) is 25.7 Å². The summed E-state index contributed by atoms with van der Waals surface area (Å²) < 4.78 is 5.42. The Labute approximate surface area is 127 Å². The first-order chi connectivity index (χ1) is 9.44. The fraction of sp³-hybridized carbons (Fsp3) is 0.933. The number of hydrogen-bond acceptors (Lipinski definition) is 4. The van der Waals surface area contributed by atoms with Crippen LogP contribution in [0.1, 0.15) is 46.5 Å². The van der Waals surface area contributed by atoms with Crippen molar-refractivity contribution >= 4 is 17.9 Å². The number of piperidine rings is 1. The van der Waals surface area contributed by atoms with Crippen LogP contribution in [0.25, 0.3) is 0 Å². The molecule has 0 aliphatic carbocycles. The normalized spacial score (nSPS) is 24.9. The van der Waals surface area contributed by atoms with Crippen molar-refractivity contribution in [3.8, 4) is 0 Å². The summed E-state index contributed by atoms with van der Waals surface area (Å²) in [5.41, 5.74) is -0.397. The zero-order valence-corrected chi connectivity index (χ0v) is 13.8. The predicted octanol–water partition coefficient (Wildman–Crippen LogP) is 2.87. The molecule has 5 heteroatoms. The van der Waals surface area contributed by atoms with Gasteiger partial charge in [-0.3, -0.25) is 0 Å². The molecule has 0 aromatic carbocycles. The van der Waals surface area contributed by atoms with Gasteiger partial charge < -0.3 is 15.0 Å². The quantitative estimate of drug-likeness (QED) is 0.870. The molecule has 2 heterocycles. The first-order valence-electron chi connectivity index (χ1n) is 7.77. The zero-order chi connectivity index (χ0) is 14.6.